The summed E-state index contributed by atoms with van der Waals surface area (Å²) in [7, 11) is 2.26. The van der Waals surface area contributed by atoms with Crippen LogP contribution in [0.5, 0.6) is 0 Å². The minimum Gasteiger partial charge on any atom is -0.392 e. The molecule has 10 atom stereocenters. The molecular weight excluding hydrogens is 384 g/mol. The Hall–Kier alpha value is -1.10. The zero-order chi connectivity index (χ0) is 21.5. The first-order chi connectivity index (χ1) is 15.0. The van der Waals surface area contributed by atoms with Gasteiger partial charge in [-0.15, -0.1) is 0 Å². The number of nitrogens with zero attached hydrogens (tertiary/aromatic N) is 2. The SMILES string of the molecule is CCCCCCC[N@+]12[C@H](O)[C@@H](CC)[C@H]3C[C@H]1[C@@H]1N(C)c4ccccc4[C@]14C[C@H]2[C@H]3[C@@H]4O. The number of hydrogen-bond acceptors (Lipinski definition) is 3. The van der Waals surface area contributed by atoms with Crippen molar-refractivity contribution in [1.29, 1.82) is 0 Å². The predicted molar refractivity (Wildman–Crippen MR) is 124 cm³/mol. The molecule has 1 aliphatic carbocycles. The molecule has 0 aromatic heterocycles. The zero-order valence-electron chi connectivity index (χ0n) is 19.6. The molecule has 1 spiro atoms. The van der Waals surface area contributed by atoms with Gasteiger partial charge in [-0.1, -0.05) is 51.3 Å². The number of unbranched alkanes of at least 4 members (excludes halogenated alkanes) is 4. The van der Waals surface area contributed by atoms with Crippen molar-refractivity contribution < 1.29 is 14.7 Å². The van der Waals surface area contributed by atoms with Crippen molar-refractivity contribution in [2.75, 3.05) is 18.5 Å². The van der Waals surface area contributed by atoms with Gasteiger partial charge in [-0.25, -0.2) is 0 Å². The Morgan fingerprint density at radius 2 is 1.84 bits per heavy atom. The molecule has 1 aromatic carbocycles. The molecule has 0 amide bonds. The summed E-state index contributed by atoms with van der Waals surface area (Å²) in [5.74, 6) is 1.18. The van der Waals surface area contributed by atoms with E-state index in [2.05, 4.69) is 50.1 Å². The average molecular weight is 426 g/mol. The number of aliphatic hydroxyl groups excluding tert-OH is 2. The second-order valence-electron chi connectivity index (χ2n) is 11.5. The van der Waals surface area contributed by atoms with E-state index in [4.69, 9.17) is 0 Å². The van der Waals surface area contributed by atoms with Crippen LogP contribution in [0.4, 0.5) is 5.69 Å². The maximum atomic E-state index is 12.1. The minimum absolute atomic E-state index is 0.133. The smallest absolute Gasteiger partial charge is 0.194 e. The van der Waals surface area contributed by atoms with Gasteiger partial charge >= 0.3 is 0 Å². The van der Waals surface area contributed by atoms with Gasteiger partial charge in [-0.05, 0) is 36.8 Å². The van der Waals surface area contributed by atoms with Crippen LogP contribution in [-0.2, 0) is 5.41 Å². The second kappa shape index (κ2) is 6.95. The van der Waals surface area contributed by atoms with Crippen molar-refractivity contribution in [2.24, 2.45) is 17.8 Å². The largest absolute Gasteiger partial charge is 0.392 e. The van der Waals surface area contributed by atoms with E-state index < -0.39 is 0 Å². The molecule has 5 aliphatic heterocycles. The van der Waals surface area contributed by atoms with Crippen molar-refractivity contribution in [3.63, 3.8) is 0 Å². The van der Waals surface area contributed by atoms with Gasteiger partial charge in [0.05, 0.1) is 30.1 Å². The van der Waals surface area contributed by atoms with Crippen LogP contribution in [0.25, 0.3) is 0 Å². The molecule has 7 rings (SSSR count). The summed E-state index contributed by atoms with van der Waals surface area (Å²) >= 11 is 0. The number of likely N-dealkylation sites (N-methyl/N-ethyl adjacent to an activating group) is 1. The molecule has 4 heteroatoms. The molecular formula is C27H41N2O2+. The van der Waals surface area contributed by atoms with Gasteiger partial charge < -0.3 is 15.1 Å². The van der Waals surface area contributed by atoms with Crippen LogP contribution in [0.3, 0.4) is 0 Å². The summed E-state index contributed by atoms with van der Waals surface area (Å²) in [4.78, 5) is 2.51. The lowest BCUT2D eigenvalue weighted by atomic mass is 9.60. The summed E-state index contributed by atoms with van der Waals surface area (Å²) in [6.45, 7) is 5.64. The van der Waals surface area contributed by atoms with Gasteiger partial charge in [0, 0.05) is 37.4 Å². The Morgan fingerprint density at radius 3 is 2.61 bits per heavy atom. The monoisotopic (exact) mass is 425 g/mol. The number of hydrogen-bond donors (Lipinski definition) is 2. The molecule has 5 bridgehead atoms. The number of quaternary nitrogens is 1. The highest BCUT2D eigenvalue weighted by Crippen LogP contribution is 2.71. The van der Waals surface area contributed by atoms with Gasteiger partial charge in [0.2, 0.25) is 0 Å². The third-order valence-corrected chi connectivity index (χ3v) is 10.8. The van der Waals surface area contributed by atoms with Crippen LogP contribution >= 0.6 is 0 Å². The first-order valence-electron chi connectivity index (χ1n) is 13.1. The molecule has 4 nitrogen and oxygen atoms in total. The number of anilines is 1. The van der Waals surface area contributed by atoms with Crippen molar-refractivity contribution in [3.05, 3.63) is 29.8 Å². The van der Waals surface area contributed by atoms with E-state index in [1.54, 1.807) is 0 Å². The van der Waals surface area contributed by atoms with E-state index in [1.807, 2.05) is 0 Å². The van der Waals surface area contributed by atoms with E-state index in [0.717, 1.165) is 23.9 Å². The van der Waals surface area contributed by atoms with Gasteiger partial charge in [0.1, 0.15) is 6.04 Å². The van der Waals surface area contributed by atoms with Crippen LogP contribution in [0.1, 0.15) is 70.8 Å². The third kappa shape index (κ3) is 2.23. The quantitative estimate of drug-likeness (QED) is 0.512. The number of aliphatic hydroxyl groups is 2. The van der Waals surface area contributed by atoms with E-state index in [0.29, 0.717) is 35.9 Å². The van der Waals surface area contributed by atoms with Gasteiger partial charge in [0.25, 0.3) is 0 Å². The molecule has 5 fully saturated rings. The molecule has 2 N–H and O–H groups in total. The van der Waals surface area contributed by atoms with Crippen molar-refractivity contribution in [2.45, 2.75) is 101 Å². The first kappa shape index (κ1) is 20.5. The lowest BCUT2D eigenvalue weighted by Crippen LogP contribution is -2.83. The minimum atomic E-state index is -0.273. The van der Waals surface area contributed by atoms with Gasteiger partial charge in [0.15, 0.2) is 6.23 Å². The molecule has 1 aromatic rings. The molecule has 170 valence electrons. The summed E-state index contributed by atoms with van der Waals surface area (Å²) in [6, 6.07) is 10.0. The fourth-order valence-electron chi connectivity index (χ4n) is 9.83. The highest BCUT2D eigenvalue weighted by atomic mass is 16.3. The van der Waals surface area contributed by atoms with Crippen molar-refractivity contribution >= 4 is 5.69 Å². The maximum absolute atomic E-state index is 12.1. The van der Waals surface area contributed by atoms with Gasteiger partial charge in [-0.2, -0.15) is 0 Å². The topological polar surface area (TPSA) is 43.7 Å². The Bertz CT molecular complexity index is 859. The predicted octanol–water partition coefficient (Wildman–Crippen LogP) is 4.04. The van der Waals surface area contributed by atoms with Gasteiger partial charge in [-0.3, -0.25) is 4.48 Å². The fraction of sp³-hybridized carbons (Fsp3) is 0.778. The first-order valence-corrected chi connectivity index (χ1v) is 13.1. The molecule has 0 radical (unpaired) electrons. The highest BCUT2D eigenvalue weighted by molar-refractivity contribution is 5.66. The molecule has 1 saturated carbocycles. The van der Waals surface area contributed by atoms with E-state index in [-0.39, 0.29) is 17.7 Å². The number of rotatable bonds is 7. The Balaban J connectivity index is 1.46. The fourth-order valence-corrected chi connectivity index (χ4v) is 9.83. The number of fused-ring (bicyclic) bond motifs is 2. The van der Waals surface area contributed by atoms with Crippen LogP contribution < -0.4 is 4.90 Å². The number of piperidine rings is 4. The van der Waals surface area contributed by atoms with Crippen molar-refractivity contribution in [3.8, 4) is 0 Å². The van der Waals surface area contributed by atoms with E-state index in [9.17, 15) is 10.2 Å². The van der Waals surface area contributed by atoms with E-state index >= 15 is 0 Å². The number of benzene rings is 1. The maximum Gasteiger partial charge on any atom is 0.194 e. The van der Waals surface area contributed by atoms with Crippen LogP contribution in [0.15, 0.2) is 24.3 Å². The number of para-hydroxylation sites is 1. The summed E-state index contributed by atoms with van der Waals surface area (Å²) in [5.41, 5.74) is 2.57. The lowest BCUT2D eigenvalue weighted by Gasteiger charge is -2.68. The zero-order valence-corrected chi connectivity index (χ0v) is 19.6. The summed E-state index contributed by atoms with van der Waals surface area (Å²) < 4.78 is 0.896. The third-order valence-electron chi connectivity index (χ3n) is 10.8. The molecule has 0 unspecified atom stereocenters. The lowest BCUT2D eigenvalue weighted by molar-refractivity contribution is -1.04. The standard InChI is InChI=1S/C27H41N2O2/c1-4-6-7-8-11-14-29-21-15-18(17(5-2)26(29)31)23-22(29)16-27(25(23)30)19-12-9-10-13-20(19)28(3)24(21)27/h9-10,12-13,17-18,21-26,30-31H,4-8,11,14-16H2,1-3H3/q+1/t17-,18+,21-,22-,23-,24-,25-,26+,27+,29-/m0/s1. The van der Waals surface area contributed by atoms with E-state index in [1.165, 1.54) is 49.8 Å². The Kier molecular flexibility index (Phi) is 4.60. The second-order valence-corrected chi connectivity index (χ2v) is 11.5. The van der Waals surface area contributed by atoms with Crippen LogP contribution in [-0.4, -0.2) is 58.7 Å². The van der Waals surface area contributed by atoms with Crippen molar-refractivity contribution in [1.82, 2.24) is 0 Å². The highest BCUT2D eigenvalue weighted by Gasteiger charge is 2.82. The molecule has 6 aliphatic rings. The normalized spacial score (nSPS) is 48.4. The Morgan fingerprint density at radius 1 is 1.06 bits per heavy atom. The van der Waals surface area contributed by atoms with Crippen LogP contribution in [0.2, 0.25) is 0 Å². The molecule has 5 heterocycles. The average Bonchev–Trinajstić information content (AvgIpc) is 3.16. The summed E-state index contributed by atoms with van der Waals surface area (Å²) in [5, 5.41) is 24.0. The summed E-state index contributed by atoms with van der Waals surface area (Å²) in [6.07, 6.45) is 9.15. The molecule has 4 saturated heterocycles. The molecule has 31 heavy (non-hydrogen) atoms. The Labute approximate surface area is 187 Å². The van der Waals surface area contributed by atoms with Crippen LogP contribution in [0, 0.1) is 17.8 Å².